The SMILES string of the molecule is CCN(C(=O)CN1CCC(CNC)CC1)C1=CCCC1. The molecule has 2 rings (SSSR count). The zero-order valence-corrected chi connectivity index (χ0v) is 13.0. The number of carbonyl (C=O) groups excluding carboxylic acids is 1. The van der Waals surface area contributed by atoms with Gasteiger partial charge in [0.1, 0.15) is 0 Å². The summed E-state index contributed by atoms with van der Waals surface area (Å²) in [6, 6.07) is 0. The predicted molar refractivity (Wildman–Crippen MR) is 82.4 cm³/mol. The van der Waals surface area contributed by atoms with E-state index in [4.69, 9.17) is 0 Å². The third-order valence-electron chi connectivity index (χ3n) is 4.54. The minimum absolute atomic E-state index is 0.285. The number of nitrogens with one attached hydrogen (secondary N) is 1. The summed E-state index contributed by atoms with van der Waals surface area (Å²) in [7, 11) is 2.02. The van der Waals surface area contributed by atoms with Crippen LogP contribution in [0.2, 0.25) is 0 Å². The van der Waals surface area contributed by atoms with E-state index in [1.54, 1.807) is 0 Å². The summed E-state index contributed by atoms with van der Waals surface area (Å²) in [5.74, 6) is 1.07. The standard InChI is InChI=1S/C16H29N3O/c1-3-19(15-6-4-5-7-15)16(20)13-18-10-8-14(9-11-18)12-17-2/h6,14,17H,3-5,7-13H2,1-2H3. The van der Waals surface area contributed by atoms with E-state index in [9.17, 15) is 4.79 Å². The zero-order valence-electron chi connectivity index (χ0n) is 13.0. The Kier molecular flexibility index (Phi) is 6.05. The van der Waals surface area contributed by atoms with Crippen molar-refractivity contribution in [2.45, 2.75) is 39.0 Å². The molecule has 1 aliphatic heterocycles. The van der Waals surface area contributed by atoms with Crippen molar-refractivity contribution >= 4 is 5.91 Å². The number of allylic oxidation sites excluding steroid dienone is 2. The molecule has 4 heteroatoms. The van der Waals surface area contributed by atoms with E-state index < -0.39 is 0 Å². The molecule has 1 aliphatic carbocycles. The highest BCUT2D eigenvalue weighted by Gasteiger charge is 2.24. The molecule has 114 valence electrons. The van der Waals surface area contributed by atoms with Gasteiger partial charge in [-0.05, 0) is 71.6 Å². The summed E-state index contributed by atoms with van der Waals surface area (Å²) in [4.78, 5) is 16.8. The van der Waals surface area contributed by atoms with Crippen molar-refractivity contribution < 1.29 is 4.79 Å². The fourth-order valence-corrected chi connectivity index (χ4v) is 3.35. The lowest BCUT2D eigenvalue weighted by Crippen LogP contribution is -2.43. The molecule has 0 saturated carbocycles. The van der Waals surface area contributed by atoms with Gasteiger partial charge in [0.15, 0.2) is 0 Å². The highest BCUT2D eigenvalue weighted by molar-refractivity contribution is 5.80. The van der Waals surface area contributed by atoms with Gasteiger partial charge in [-0.15, -0.1) is 0 Å². The van der Waals surface area contributed by atoms with Crippen LogP contribution in [0.25, 0.3) is 0 Å². The van der Waals surface area contributed by atoms with E-state index in [0.29, 0.717) is 6.54 Å². The average molecular weight is 279 g/mol. The van der Waals surface area contributed by atoms with Crippen LogP contribution in [0.4, 0.5) is 0 Å². The molecule has 4 nitrogen and oxygen atoms in total. The molecule has 2 aliphatic rings. The van der Waals surface area contributed by atoms with Gasteiger partial charge in [-0.1, -0.05) is 6.08 Å². The zero-order chi connectivity index (χ0) is 14.4. The van der Waals surface area contributed by atoms with Gasteiger partial charge in [0, 0.05) is 12.2 Å². The van der Waals surface area contributed by atoms with Crippen LogP contribution in [0.5, 0.6) is 0 Å². The monoisotopic (exact) mass is 279 g/mol. The first-order chi connectivity index (χ1) is 9.74. The molecule has 0 bridgehead atoms. The third kappa shape index (κ3) is 4.06. The first kappa shape index (κ1) is 15.5. The van der Waals surface area contributed by atoms with E-state index in [0.717, 1.165) is 44.9 Å². The Labute approximate surface area is 123 Å². The Morgan fingerprint density at radius 2 is 2.20 bits per heavy atom. The second-order valence-electron chi connectivity index (χ2n) is 6.00. The molecule has 1 saturated heterocycles. The molecule has 0 aromatic carbocycles. The first-order valence-corrected chi connectivity index (χ1v) is 8.11. The van der Waals surface area contributed by atoms with Gasteiger partial charge in [0.25, 0.3) is 0 Å². The van der Waals surface area contributed by atoms with Crippen LogP contribution in [-0.2, 0) is 4.79 Å². The summed E-state index contributed by atoms with van der Waals surface area (Å²) in [5, 5.41) is 3.26. The molecule has 1 N–H and O–H groups in total. The van der Waals surface area contributed by atoms with E-state index in [1.165, 1.54) is 25.0 Å². The van der Waals surface area contributed by atoms with Crippen molar-refractivity contribution in [2.75, 3.05) is 39.8 Å². The second kappa shape index (κ2) is 7.79. The number of nitrogens with zero attached hydrogens (tertiary/aromatic N) is 2. The van der Waals surface area contributed by atoms with Gasteiger partial charge in [-0.3, -0.25) is 9.69 Å². The lowest BCUT2D eigenvalue weighted by atomic mass is 9.97. The van der Waals surface area contributed by atoms with Crippen LogP contribution in [0.3, 0.4) is 0 Å². The maximum Gasteiger partial charge on any atom is 0.240 e. The number of piperidine rings is 1. The number of likely N-dealkylation sites (N-methyl/N-ethyl adjacent to an activating group) is 1. The fraction of sp³-hybridized carbons (Fsp3) is 0.812. The minimum Gasteiger partial charge on any atom is -0.319 e. The van der Waals surface area contributed by atoms with Gasteiger partial charge in [-0.2, -0.15) is 0 Å². The van der Waals surface area contributed by atoms with Crippen molar-refractivity contribution in [3.8, 4) is 0 Å². The van der Waals surface area contributed by atoms with Crippen LogP contribution >= 0.6 is 0 Å². The first-order valence-electron chi connectivity index (χ1n) is 8.11. The number of amides is 1. The van der Waals surface area contributed by atoms with Crippen molar-refractivity contribution in [1.29, 1.82) is 0 Å². The molecule has 0 aromatic rings. The van der Waals surface area contributed by atoms with Gasteiger partial charge in [0.2, 0.25) is 5.91 Å². The van der Waals surface area contributed by atoms with Crippen LogP contribution < -0.4 is 5.32 Å². The van der Waals surface area contributed by atoms with E-state index in [1.807, 2.05) is 11.9 Å². The largest absolute Gasteiger partial charge is 0.319 e. The second-order valence-corrected chi connectivity index (χ2v) is 6.00. The topological polar surface area (TPSA) is 35.6 Å². The quantitative estimate of drug-likeness (QED) is 0.806. The molecule has 20 heavy (non-hydrogen) atoms. The summed E-state index contributed by atoms with van der Waals surface area (Å²) >= 11 is 0. The molecule has 0 aromatic heterocycles. The van der Waals surface area contributed by atoms with Gasteiger partial charge in [0.05, 0.1) is 6.54 Å². The summed E-state index contributed by atoms with van der Waals surface area (Å²) in [5.41, 5.74) is 1.25. The van der Waals surface area contributed by atoms with Crippen LogP contribution in [0.15, 0.2) is 11.8 Å². The molecule has 0 spiro atoms. The van der Waals surface area contributed by atoms with Crippen LogP contribution in [0, 0.1) is 5.92 Å². The Morgan fingerprint density at radius 3 is 2.75 bits per heavy atom. The summed E-state index contributed by atoms with van der Waals surface area (Å²) in [6.45, 7) is 6.72. The third-order valence-corrected chi connectivity index (χ3v) is 4.54. The Morgan fingerprint density at radius 1 is 1.45 bits per heavy atom. The van der Waals surface area contributed by atoms with Gasteiger partial charge in [-0.25, -0.2) is 0 Å². The Bertz CT molecular complexity index is 346. The minimum atomic E-state index is 0.285. The van der Waals surface area contributed by atoms with E-state index in [-0.39, 0.29) is 5.91 Å². The van der Waals surface area contributed by atoms with Gasteiger partial charge >= 0.3 is 0 Å². The lowest BCUT2D eigenvalue weighted by molar-refractivity contribution is -0.130. The number of hydrogen-bond donors (Lipinski definition) is 1. The maximum absolute atomic E-state index is 12.5. The number of carbonyl (C=O) groups is 1. The molecule has 1 heterocycles. The van der Waals surface area contributed by atoms with Crippen LogP contribution in [-0.4, -0.2) is 55.5 Å². The fourth-order valence-electron chi connectivity index (χ4n) is 3.35. The summed E-state index contributed by atoms with van der Waals surface area (Å²) in [6.07, 6.45) is 8.07. The number of rotatable bonds is 6. The van der Waals surface area contributed by atoms with Crippen molar-refractivity contribution in [1.82, 2.24) is 15.1 Å². The Hall–Kier alpha value is -0.870. The number of hydrogen-bond acceptors (Lipinski definition) is 3. The van der Waals surface area contributed by atoms with E-state index >= 15 is 0 Å². The molecular weight excluding hydrogens is 250 g/mol. The molecular formula is C16H29N3O. The van der Waals surface area contributed by atoms with E-state index in [2.05, 4.69) is 23.2 Å². The lowest BCUT2D eigenvalue weighted by Gasteiger charge is -2.33. The van der Waals surface area contributed by atoms with Crippen molar-refractivity contribution in [3.63, 3.8) is 0 Å². The predicted octanol–water partition coefficient (Wildman–Crippen LogP) is 1.83. The van der Waals surface area contributed by atoms with Crippen LogP contribution in [0.1, 0.15) is 39.0 Å². The van der Waals surface area contributed by atoms with Gasteiger partial charge < -0.3 is 10.2 Å². The molecule has 0 atom stereocenters. The maximum atomic E-state index is 12.5. The Balaban J connectivity index is 1.79. The average Bonchev–Trinajstić information content (AvgIpc) is 2.96. The summed E-state index contributed by atoms with van der Waals surface area (Å²) < 4.78 is 0. The van der Waals surface area contributed by atoms with Crippen molar-refractivity contribution in [2.24, 2.45) is 5.92 Å². The normalized spacial score (nSPS) is 21.0. The molecule has 0 unspecified atom stereocenters. The molecule has 1 amide bonds. The molecule has 1 fully saturated rings. The smallest absolute Gasteiger partial charge is 0.240 e. The highest BCUT2D eigenvalue weighted by atomic mass is 16.2. The number of likely N-dealkylation sites (tertiary alicyclic amines) is 1. The molecule has 0 radical (unpaired) electrons. The highest BCUT2D eigenvalue weighted by Crippen LogP contribution is 2.22. The van der Waals surface area contributed by atoms with Crippen molar-refractivity contribution in [3.05, 3.63) is 11.8 Å².